The third kappa shape index (κ3) is 4.61. The summed E-state index contributed by atoms with van der Waals surface area (Å²) in [5.41, 5.74) is 3.68. The van der Waals surface area contributed by atoms with Crippen LogP contribution < -0.4 is 0 Å². The van der Waals surface area contributed by atoms with Crippen LogP contribution in [0.1, 0.15) is 44.6 Å². The van der Waals surface area contributed by atoms with Crippen molar-refractivity contribution in [3.8, 4) is 0 Å². The second kappa shape index (κ2) is 8.02. The van der Waals surface area contributed by atoms with Crippen LogP contribution in [0.25, 0.3) is 0 Å². The van der Waals surface area contributed by atoms with Crippen LogP contribution in [0, 0.1) is 0 Å². The van der Waals surface area contributed by atoms with Gasteiger partial charge in [0.25, 0.3) is 0 Å². The van der Waals surface area contributed by atoms with Gasteiger partial charge in [0.1, 0.15) is 5.69 Å². The molecule has 0 aliphatic rings. The van der Waals surface area contributed by atoms with Gasteiger partial charge >= 0.3 is 0 Å². The number of carbonyl (C=O) groups excluding carboxylic acids is 2. The summed E-state index contributed by atoms with van der Waals surface area (Å²) in [7, 11) is 0. The normalized spacial score (nSPS) is 10.5. The summed E-state index contributed by atoms with van der Waals surface area (Å²) in [6.07, 6.45) is 4.14. The average Bonchev–Trinajstić information content (AvgIpc) is 2.63. The van der Waals surface area contributed by atoms with Gasteiger partial charge in [0, 0.05) is 35.6 Å². The zero-order valence-corrected chi connectivity index (χ0v) is 15.0. The summed E-state index contributed by atoms with van der Waals surface area (Å²) in [4.78, 5) is 32.0. The Morgan fingerprint density at radius 3 is 2.42 bits per heavy atom. The minimum absolute atomic E-state index is 0.0808. The first kappa shape index (κ1) is 18.0. The first-order valence-electron chi connectivity index (χ1n) is 8.20. The third-order valence-corrected chi connectivity index (χ3v) is 4.21. The van der Waals surface area contributed by atoms with Gasteiger partial charge in [0.15, 0.2) is 11.6 Å². The molecule has 2 heterocycles. The molecule has 0 spiro atoms. The van der Waals surface area contributed by atoms with Gasteiger partial charge in [-0.1, -0.05) is 29.8 Å². The highest BCUT2D eigenvalue weighted by atomic mass is 35.5. The molecule has 0 fully saturated rings. The monoisotopic (exact) mass is 364 g/mol. The van der Waals surface area contributed by atoms with E-state index in [2.05, 4.69) is 9.97 Å². The van der Waals surface area contributed by atoms with Crippen LogP contribution in [0.2, 0.25) is 5.02 Å². The summed E-state index contributed by atoms with van der Waals surface area (Å²) in [5, 5.41) is 0.710. The number of benzene rings is 1. The highest BCUT2D eigenvalue weighted by Gasteiger charge is 2.10. The van der Waals surface area contributed by atoms with Gasteiger partial charge in [-0.15, -0.1) is 0 Å². The molecule has 0 saturated heterocycles. The van der Waals surface area contributed by atoms with E-state index in [4.69, 9.17) is 11.6 Å². The predicted molar refractivity (Wildman–Crippen MR) is 101 cm³/mol. The lowest BCUT2D eigenvalue weighted by molar-refractivity contribution is 0.0984. The first-order valence-corrected chi connectivity index (χ1v) is 8.57. The molecule has 0 bridgehead atoms. The number of pyridine rings is 2. The smallest absolute Gasteiger partial charge is 0.178 e. The van der Waals surface area contributed by atoms with Crippen LogP contribution in [-0.2, 0) is 12.8 Å². The Morgan fingerprint density at radius 2 is 1.81 bits per heavy atom. The van der Waals surface area contributed by atoms with Crippen molar-refractivity contribution in [3.05, 3.63) is 94.0 Å². The Bertz CT molecular complexity index is 935. The second-order valence-corrected chi connectivity index (χ2v) is 6.49. The third-order valence-electron chi connectivity index (χ3n) is 3.97. The van der Waals surface area contributed by atoms with Gasteiger partial charge in [-0.3, -0.25) is 19.6 Å². The lowest BCUT2D eigenvalue weighted by Gasteiger charge is -2.05. The maximum absolute atomic E-state index is 12.3. The van der Waals surface area contributed by atoms with Gasteiger partial charge in [0.05, 0.1) is 6.42 Å². The van der Waals surface area contributed by atoms with Crippen molar-refractivity contribution >= 4 is 23.2 Å². The summed E-state index contributed by atoms with van der Waals surface area (Å²) in [6, 6.07) is 14.7. The SMILES string of the molecule is CC(=O)c1ccc(C(=O)Cc2ccc(Cc3cccc(Cl)c3)cn2)cn1. The van der Waals surface area contributed by atoms with Gasteiger partial charge < -0.3 is 0 Å². The molecule has 0 atom stereocenters. The van der Waals surface area contributed by atoms with Crippen LogP contribution >= 0.6 is 11.6 Å². The van der Waals surface area contributed by atoms with E-state index in [-0.39, 0.29) is 18.0 Å². The number of hydrogen-bond acceptors (Lipinski definition) is 4. The minimum Gasteiger partial charge on any atom is -0.294 e. The van der Waals surface area contributed by atoms with Crippen LogP contribution in [0.15, 0.2) is 60.9 Å². The fourth-order valence-corrected chi connectivity index (χ4v) is 2.79. The number of ketones is 2. The summed E-state index contributed by atoms with van der Waals surface area (Å²) in [5.74, 6) is -0.205. The topological polar surface area (TPSA) is 59.9 Å². The second-order valence-electron chi connectivity index (χ2n) is 6.05. The van der Waals surface area contributed by atoms with Gasteiger partial charge in [-0.25, -0.2) is 0 Å². The lowest BCUT2D eigenvalue weighted by Crippen LogP contribution is -2.07. The van der Waals surface area contributed by atoms with E-state index < -0.39 is 0 Å². The zero-order chi connectivity index (χ0) is 18.5. The van der Waals surface area contributed by atoms with Crippen LogP contribution in [0.4, 0.5) is 0 Å². The van der Waals surface area contributed by atoms with E-state index in [0.717, 1.165) is 17.5 Å². The van der Waals surface area contributed by atoms with Crippen molar-refractivity contribution in [1.82, 2.24) is 9.97 Å². The maximum atomic E-state index is 12.3. The van der Waals surface area contributed by atoms with E-state index in [1.54, 1.807) is 18.3 Å². The number of hydrogen-bond donors (Lipinski definition) is 0. The quantitative estimate of drug-likeness (QED) is 0.610. The van der Waals surface area contributed by atoms with Gasteiger partial charge in [0.2, 0.25) is 0 Å². The zero-order valence-electron chi connectivity index (χ0n) is 14.3. The van der Waals surface area contributed by atoms with Crippen molar-refractivity contribution in [3.63, 3.8) is 0 Å². The molecule has 0 radical (unpaired) electrons. The van der Waals surface area contributed by atoms with E-state index >= 15 is 0 Å². The molecule has 4 nitrogen and oxygen atoms in total. The molecule has 0 saturated carbocycles. The molecule has 0 aliphatic heterocycles. The average molecular weight is 365 g/mol. The Kier molecular flexibility index (Phi) is 5.54. The summed E-state index contributed by atoms with van der Waals surface area (Å²) < 4.78 is 0. The first-order chi connectivity index (χ1) is 12.5. The highest BCUT2D eigenvalue weighted by Crippen LogP contribution is 2.15. The molecule has 130 valence electrons. The van der Waals surface area contributed by atoms with Crippen molar-refractivity contribution < 1.29 is 9.59 Å². The van der Waals surface area contributed by atoms with Gasteiger partial charge in [-0.2, -0.15) is 0 Å². The molecule has 0 N–H and O–H groups in total. The summed E-state index contributed by atoms with van der Waals surface area (Å²) >= 11 is 6.00. The Balaban J connectivity index is 1.65. The number of halogens is 1. The van der Waals surface area contributed by atoms with E-state index in [9.17, 15) is 9.59 Å². The van der Waals surface area contributed by atoms with E-state index in [1.165, 1.54) is 13.1 Å². The molecular weight excluding hydrogens is 348 g/mol. The molecule has 3 aromatic rings. The number of Topliss-reactive ketones (excluding diaryl/α,β-unsaturated/α-hetero) is 2. The number of rotatable bonds is 6. The Labute approximate surface area is 156 Å². The number of nitrogens with zero attached hydrogens (tertiary/aromatic N) is 2. The van der Waals surface area contributed by atoms with E-state index in [1.807, 2.05) is 36.4 Å². The van der Waals surface area contributed by atoms with Crippen LogP contribution in [0.3, 0.4) is 0 Å². The maximum Gasteiger partial charge on any atom is 0.178 e. The highest BCUT2D eigenvalue weighted by molar-refractivity contribution is 6.30. The molecule has 26 heavy (non-hydrogen) atoms. The van der Waals surface area contributed by atoms with Crippen LogP contribution in [0.5, 0.6) is 0 Å². The van der Waals surface area contributed by atoms with Crippen molar-refractivity contribution in [2.75, 3.05) is 0 Å². The standard InChI is InChI=1S/C21H17ClN2O2/c1-14(25)20-8-6-17(13-24-20)21(26)11-19-7-5-16(12-23-19)9-15-3-2-4-18(22)10-15/h2-8,10,12-13H,9,11H2,1H3. The molecular formula is C21H17ClN2O2. The Morgan fingerprint density at radius 1 is 0.962 bits per heavy atom. The minimum atomic E-state index is -0.124. The molecule has 2 aromatic heterocycles. The largest absolute Gasteiger partial charge is 0.294 e. The number of carbonyl (C=O) groups is 2. The van der Waals surface area contributed by atoms with Crippen molar-refractivity contribution in [2.24, 2.45) is 0 Å². The van der Waals surface area contributed by atoms with Gasteiger partial charge in [-0.05, 0) is 47.9 Å². The Hall–Kier alpha value is -2.85. The fraction of sp³-hybridized carbons (Fsp3) is 0.143. The molecule has 0 unspecified atom stereocenters. The van der Waals surface area contributed by atoms with Crippen molar-refractivity contribution in [2.45, 2.75) is 19.8 Å². The molecule has 0 amide bonds. The molecule has 0 aliphatic carbocycles. The lowest BCUT2D eigenvalue weighted by atomic mass is 10.0. The number of aromatic nitrogens is 2. The van der Waals surface area contributed by atoms with Crippen molar-refractivity contribution in [1.29, 1.82) is 0 Å². The predicted octanol–water partition coefficient (Wildman–Crippen LogP) is 4.35. The molecule has 1 aromatic carbocycles. The van der Waals surface area contributed by atoms with Crippen LogP contribution in [-0.4, -0.2) is 21.5 Å². The van der Waals surface area contributed by atoms with E-state index in [0.29, 0.717) is 22.0 Å². The molecule has 3 rings (SSSR count). The summed E-state index contributed by atoms with van der Waals surface area (Å²) in [6.45, 7) is 1.44. The molecule has 5 heteroatoms. The fourth-order valence-electron chi connectivity index (χ4n) is 2.58.